The molecule has 0 aromatic heterocycles. The predicted molar refractivity (Wildman–Crippen MR) is 66.9 cm³/mol. The van der Waals surface area contributed by atoms with Crippen LogP contribution >= 0.6 is 0 Å². The van der Waals surface area contributed by atoms with Crippen molar-refractivity contribution in [2.24, 2.45) is 0 Å². The minimum absolute atomic E-state index is 0.625. The summed E-state index contributed by atoms with van der Waals surface area (Å²) < 4.78 is 0. The molecule has 2 nitrogen and oxygen atoms in total. The van der Waals surface area contributed by atoms with Crippen LogP contribution in [0.4, 0.5) is 0 Å². The molecular formula is C12H30N2. The molecule has 0 rings (SSSR count). The summed E-state index contributed by atoms with van der Waals surface area (Å²) in [7, 11) is 0. The van der Waals surface area contributed by atoms with Gasteiger partial charge in [-0.15, -0.1) is 0 Å². The van der Waals surface area contributed by atoms with Crippen molar-refractivity contribution in [3.8, 4) is 0 Å². The highest BCUT2D eigenvalue weighted by atomic mass is 15.1. The van der Waals surface area contributed by atoms with Crippen molar-refractivity contribution in [2.75, 3.05) is 19.6 Å². The van der Waals surface area contributed by atoms with Crippen LogP contribution < -0.4 is 5.32 Å². The van der Waals surface area contributed by atoms with Crippen molar-refractivity contribution in [1.82, 2.24) is 10.2 Å². The standard InChI is InChI=1S/2C6H15N/c1-5(2)7-6(3)4;1-4-7(5-2)6-3/h5-7H,1-4H3;4-6H2,1-3H3. The molecule has 0 atom stereocenters. The van der Waals surface area contributed by atoms with Gasteiger partial charge in [0.05, 0.1) is 0 Å². The maximum atomic E-state index is 3.31. The van der Waals surface area contributed by atoms with Gasteiger partial charge >= 0.3 is 0 Å². The first-order chi connectivity index (χ1) is 6.47. The molecule has 0 amide bonds. The minimum Gasteiger partial charge on any atom is -0.312 e. The van der Waals surface area contributed by atoms with E-state index in [0.29, 0.717) is 12.1 Å². The van der Waals surface area contributed by atoms with E-state index >= 15 is 0 Å². The summed E-state index contributed by atoms with van der Waals surface area (Å²) >= 11 is 0. The van der Waals surface area contributed by atoms with Crippen LogP contribution in [0.5, 0.6) is 0 Å². The largest absolute Gasteiger partial charge is 0.312 e. The second-order valence-electron chi connectivity index (χ2n) is 4.10. The van der Waals surface area contributed by atoms with E-state index in [1.54, 1.807) is 0 Å². The van der Waals surface area contributed by atoms with Crippen LogP contribution in [0, 0.1) is 0 Å². The van der Waals surface area contributed by atoms with E-state index in [9.17, 15) is 0 Å². The fourth-order valence-corrected chi connectivity index (χ4v) is 1.34. The third kappa shape index (κ3) is 14.4. The lowest BCUT2D eigenvalue weighted by Gasteiger charge is -2.13. The molecule has 0 radical (unpaired) electrons. The molecule has 0 aliphatic heterocycles. The molecule has 88 valence electrons. The zero-order valence-electron chi connectivity index (χ0n) is 11.2. The molecule has 0 spiro atoms. The van der Waals surface area contributed by atoms with E-state index in [1.165, 1.54) is 19.6 Å². The highest BCUT2D eigenvalue weighted by Crippen LogP contribution is 1.82. The van der Waals surface area contributed by atoms with Gasteiger partial charge in [0, 0.05) is 12.1 Å². The second kappa shape index (κ2) is 11.0. The quantitative estimate of drug-likeness (QED) is 0.737. The summed E-state index contributed by atoms with van der Waals surface area (Å²) in [4.78, 5) is 2.38. The lowest BCUT2D eigenvalue weighted by molar-refractivity contribution is 0.321. The number of rotatable bonds is 5. The zero-order valence-corrected chi connectivity index (χ0v) is 11.2. The molecule has 0 heterocycles. The summed E-state index contributed by atoms with van der Waals surface area (Å²) in [6.07, 6.45) is 0. The van der Waals surface area contributed by atoms with Crippen LogP contribution in [0.1, 0.15) is 48.5 Å². The van der Waals surface area contributed by atoms with Crippen molar-refractivity contribution in [3.05, 3.63) is 0 Å². The molecule has 0 saturated carbocycles. The van der Waals surface area contributed by atoms with Gasteiger partial charge in [0.25, 0.3) is 0 Å². The van der Waals surface area contributed by atoms with Gasteiger partial charge in [0.2, 0.25) is 0 Å². The molecule has 0 saturated heterocycles. The Morgan fingerprint density at radius 1 is 0.786 bits per heavy atom. The number of nitrogens with one attached hydrogen (secondary N) is 1. The summed E-state index contributed by atoms with van der Waals surface area (Å²) in [5.74, 6) is 0. The first-order valence-corrected chi connectivity index (χ1v) is 5.96. The van der Waals surface area contributed by atoms with Crippen LogP contribution in [0.15, 0.2) is 0 Å². The topological polar surface area (TPSA) is 15.3 Å². The van der Waals surface area contributed by atoms with E-state index in [-0.39, 0.29) is 0 Å². The van der Waals surface area contributed by atoms with Crippen LogP contribution in [-0.4, -0.2) is 36.6 Å². The van der Waals surface area contributed by atoms with Crippen molar-refractivity contribution < 1.29 is 0 Å². The van der Waals surface area contributed by atoms with Crippen LogP contribution in [0.3, 0.4) is 0 Å². The molecule has 14 heavy (non-hydrogen) atoms. The molecular weight excluding hydrogens is 172 g/mol. The normalized spacial score (nSPS) is 10.7. The lowest BCUT2D eigenvalue weighted by Crippen LogP contribution is -2.29. The molecule has 0 aliphatic carbocycles. The number of nitrogens with zero attached hydrogens (tertiary/aromatic N) is 1. The Kier molecular flexibility index (Phi) is 12.8. The van der Waals surface area contributed by atoms with E-state index in [1.807, 2.05) is 0 Å². The van der Waals surface area contributed by atoms with Gasteiger partial charge in [-0.2, -0.15) is 0 Å². The third-order valence-corrected chi connectivity index (χ3v) is 2.01. The molecule has 0 aromatic carbocycles. The molecule has 0 aromatic rings. The maximum absolute atomic E-state index is 3.31. The Hall–Kier alpha value is -0.0800. The summed E-state index contributed by atoms with van der Waals surface area (Å²) in [5.41, 5.74) is 0. The van der Waals surface area contributed by atoms with Crippen LogP contribution in [0.25, 0.3) is 0 Å². The first-order valence-electron chi connectivity index (χ1n) is 5.96. The highest BCUT2D eigenvalue weighted by molar-refractivity contribution is 4.55. The third-order valence-electron chi connectivity index (χ3n) is 2.01. The van der Waals surface area contributed by atoms with Gasteiger partial charge < -0.3 is 10.2 Å². The first kappa shape index (κ1) is 16.4. The molecule has 0 aliphatic rings. The molecule has 0 unspecified atom stereocenters. The molecule has 2 heteroatoms. The van der Waals surface area contributed by atoms with E-state index in [2.05, 4.69) is 58.7 Å². The molecule has 0 bridgehead atoms. The fourth-order valence-electron chi connectivity index (χ4n) is 1.34. The zero-order chi connectivity index (χ0) is 11.6. The van der Waals surface area contributed by atoms with Gasteiger partial charge in [-0.3, -0.25) is 0 Å². The summed E-state index contributed by atoms with van der Waals surface area (Å²) in [6, 6.07) is 1.25. The monoisotopic (exact) mass is 202 g/mol. The van der Waals surface area contributed by atoms with Crippen molar-refractivity contribution in [3.63, 3.8) is 0 Å². The second-order valence-corrected chi connectivity index (χ2v) is 4.10. The van der Waals surface area contributed by atoms with E-state index < -0.39 is 0 Å². The Morgan fingerprint density at radius 3 is 1.07 bits per heavy atom. The molecule has 1 N–H and O–H groups in total. The van der Waals surface area contributed by atoms with Crippen molar-refractivity contribution >= 4 is 0 Å². The van der Waals surface area contributed by atoms with Crippen LogP contribution in [-0.2, 0) is 0 Å². The number of hydrogen-bond donors (Lipinski definition) is 1. The van der Waals surface area contributed by atoms with Gasteiger partial charge in [-0.25, -0.2) is 0 Å². The SMILES string of the molecule is CC(C)NC(C)C.CCN(CC)CC. The highest BCUT2D eigenvalue weighted by Gasteiger charge is 1.92. The summed E-state index contributed by atoms with van der Waals surface area (Å²) in [6.45, 7) is 18.7. The molecule has 0 fully saturated rings. The Labute approximate surface area is 91.1 Å². The van der Waals surface area contributed by atoms with Crippen molar-refractivity contribution in [2.45, 2.75) is 60.5 Å². The van der Waals surface area contributed by atoms with Gasteiger partial charge in [-0.05, 0) is 19.6 Å². The van der Waals surface area contributed by atoms with E-state index in [0.717, 1.165) is 0 Å². The van der Waals surface area contributed by atoms with Crippen LogP contribution in [0.2, 0.25) is 0 Å². The Morgan fingerprint density at radius 2 is 1.07 bits per heavy atom. The average Bonchev–Trinajstić information content (AvgIpc) is 2.06. The predicted octanol–water partition coefficient (Wildman–Crippen LogP) is 2.74. The van der Waals surface area contributed by atoms with Crippen molar-refractivity contribution in [1.29, 1.82) is 0 Å². The Balaban J connectivity index is 0. The Bertz CT molecular complexity index is 85.0. The van der Waals surface area contributed by atoms with Gasteiger partial charge in [0.15, 0.2) is 0 Å². The minimum atomic E-state index is 0.625. The smallest absolute Gasteiger partial charge is 0.00127 e. The summed E-state index contributed by atoms with van der Waals surface area (Å²) in [5, 5.41) is 3.31. The lowest BCUT2D eigenvalue weighted by atomic mass is 10.3. The maximum Gasteiger partial charge on any atom is 0.00127 e. The van der Waals surface area contributed by atoms with E-state index in [4.69, 9.17) is 0 Å². The fraction of sp³-hybridized carbons (Fsp3) is 1.00. The average molecular weight is 202 g/mol. The van der Waals surface area contributed by atoms with Gasteiger partial charge in [0.1, 0.15) is 0 Å². The van der Waals surface area contributed by atoms with Gasteiger partial charge in [-0.1, -0.05) is 48.5 Å². The number of hydrogen-bond acceptors (Lipinski definition) is 2.